The first-order valence-corrected chi connectivity index (χ1v) is 8.76. The second kappa shape index (κ2) is 8.39. The van der Waals surface area contributed by atoms with E-state index >= 15 is 0 Å². The number of hydrogen-bond donors (Lipinski definition) is 2. The molecule has 0 saturated heterocycles. The molecule has 0 bridgehead atoms. The predicted octanol–water partition coefficient (Wildman–Crippen LogP) is 3.25. The van der Waals surface area contributed by atoms with E-state index < -0.39 is 5.91 Å². The van der Waals surface area contributed by atoms with Crippen molar-refractivity contribution in [1.82, 2.24) is 16.0 Å². The number of carbonyl (C=O) groups is 2. The van der Waals surface area contributed by atoms with Gasteiger partial charge in [0.2, 0.25) is 0 Å². The molecule has 0 radical (unpaired) electrons. The number of nitrogens with one attached hydrogen (secondary N) is 2. The number of aryl methyl sites for hydroxylation is 3. The molecule has 0 fully saturated rings. The number of rotatable bonds is 5. The van der Waals surface area contributed by atoms with E-state index in [0.717, 1.165) is 22.6 Å². The van der Waals surface area contributed by atoms with Crippen molar-refractivity contribution >= 4 is 11.8 Å². The molecule has 0 aliphatic carbocycles. The average Bonchev–Trinajstić information content (AvgIpc) is 3.02. The first-order valence-electron chi connectivity index (χ1n) is 8.76. The Labute approximate surface area is 162 Å². The summed E-state index contributed by atoms with van der Waals surface area (Å²) in [6, 6.07) is 13.7. The Kier molecular flexibility index (Phi) is 5.74. The van der Waals surface area contributed by atoms with Gasteiger partial charge in [0.05, 0.1) is 11.3 Å². The maximum absolute atomic E-state index is 12.2. The van der Waals surface area contributed by atoms with Crippen LogP contribution in [0.25, 0.3) is 0 Å². The number of hydrazine groups is 1. The molecule has 3 aromatic rings. The third-order valence-electron chi connectivity index (χ3n) is 4.28. The molecular formula is C21H21N3O4. The Morgan fingerprint density at radius 1 is 0.893 bits per heavy atom. The number of carbonyl (C=O) groups excluding carboxylic acids is 2. The number of hydrogen-bond acceptors (Lipinski definition) is 5. The van der Waals surface area contributed by atoms with E-state index in [1.54, 1.807) is 36.4 Å². The minimum Gasteiger partial charge on any atom is -0.489 e. The highest BCUT2D eigenvalue weighted by Crippen LogP contribution is 2.18. The number of amides is 2. The average molecular weight is 379 g/mol. The van der Waals surface area contributed by atoms with Crippen LogP contribution in [0.3, 0.4) is 0 Å². The Morgan fingerprint density at radius 2 is 1.43 bits per heavy atom. The number of ether oxygens (including phenoxy) is 1. The minimum absolute atomic E-state index is 0.333. The summed E-state index contributed by atoms with van der Waals surface area (Å²) in [4.78, 5) is 24.2. The van der Waals surface area contributed by atoms with E-state index in [4.69, 9.17) is 9.26 Å². The van der Waals surface area contributed by atoms with Gasteiger partial charge in [-0.1, -0.05) is 22.9 Å². The Morgan fingerprint density at radius 3 is 1.93 bits per heavy atom. The van der Waals surface area contributed by atoms with Crippen molar-refractivity contribution in [3.05, 3.63) is 82.2 Å². The highest BCUT2D eigenvalue weighted by Gasteiger charge is 2.11. The fourth-order valence-corrected chi connectivity index (χ4v) is 2.53. The van der Waals surface area contributed by atoms with E-state index in [1.807, 2.05) is 32.9 Å². The number of benzene rings is 2. The van der Waals surface area contributed by atoms with Crippen LogP contribution >= 0.6 is 0 Å². The minimum atomic E-state index is -0.419. The lowest BCUT2D eigenvalue weighted by Crippen LogP contribution is -2.41. The van der Waals surface area contributed by atoms with Crippen LogP contribution in [0, 0.1) is 20.8 Å². The molecular weight excluding hydrogens is 358 g/mol. The highest BCUT2D eigenvalue weighted by atomic mass is 16.5. The van der Waals surface area contributed by atoms with Crippen molar-refractivity contribution in [3.8, 4) is 5.75 Å². The van der Waals surface area contributed by atoms with Crippen LogP contribution in [-0.4, -0.2) is 17.0 Å². The quantitative estimate of drug-likeness (QED) is 0.664. The van der Waals surface area contributed by atoms with Crippen LogP contribution in [0.4, 0.5) is 0 Å². The largest absolute Gasteiger partial charge is 0.489 e. The summed E-state index contributed by atoms with van der Waals surface area (Å²) >= 11 is 0. The zero-order valence-electron chi connectivity index (χ0n) is 15.9. The summed E-state index contributed by atoms with van der Waals surface area (Å²) in [5.41, 5.74) is 8.41. The fourth-order valence-electron chi connectivity index (χ4n) is 2.53. The van der Waals surface area contributed by atoms with Gasteiger partial charge in [0.15, 0.2) is 0 Å². The van der Waals surface area contributed by atoms with Gasteiger partial charge in [-0.3, -0.25) is 20.4 Å². The highest BCUT2D eigenvalue weighted by molar-refractivity contribution is 5.99. The molecule has 2 aromatic carbocycles. The third kappa shape index (κ3) is 4.56. The molecule has 7 nitrogen and oxygen atoms in total. The summed E-state index contributed by atoms with van der Waals surface area (Å²) in [6.45, 7) is 5.95. The van der Waals surface area contributed by atoms with Crippen molar-refractivity contribution in [1.29, 1.82) is 0 Å². The van der Waals surface area contributed by atoms with E-state index in [1.165, 1.54) is 0 Å². The zero-order valence-corrected chi connectivity index (χ0v) is 15.9. The first-order chi connectivity index (χ1) is 13.4. The zero-order chi connectivity index (χ0) is 20.1. The van der Waals surface area contributed by atoms with Gasteiger partial charge < -0.3 is 9.26 Å². The van der Waals surface area contributed by atoms with Crippen LogP contribution in [0.1, 0.15) is 43.3 Å². The Balaban J connectivity index is 1.53. The molecule has 0 aliphatic rings. The molecule has 1 heterocycles. The van der Waals surface area contributed by atoms with E-state index in [9.17, 15) is 9.59 Å². The van der Waals surface area contributed by atoms with Gasteiger partial charge in [0.25, 0.3) is 11.8 Å². The lowest BCUT2D eigenvalue weighted by molar-refractivity contribution is 0.0846. The summed E-state index contributed by atoms with van der Waals surface area (Å²) < 4.78 is 10.8. The second-order valence-corrected chi connectivity index (χ2v) is 6.39. The molecule has 7 heteroatoms. The smallest absolute Gasteiger partial charge is 0.269 e. The normalized spacial score (nSPS) is 10.4. The Bertz CT molecular complexity index is 956. The van der Waals surface area contributed by atoms with Gasteiger partial charge in [0.1, 0.15) is 18.1 Å². The van der Waals surface area contributed by atoms with E-state index in [0.29, 0.717) is 23.5 Å². The summed E-state index contributed by atoms with van der Waals surface area (Å²) in [5, 5.41) is 3.88. The SMILES string of the molecule is Cc1ccc(C(=O)NNC(=O)c2ccc(OCc3c(C)noc3C)cc2)cc1. The molecule has 1 aromatic heterocycles. The van der Waals surface area contributed by atoms with Crippen LogP contribution < -0.4 is 15.6 Å². The van der Waals surface area contributed by atoms with Gasteiger partial charge in [-0.25, -0.2) is 0 Å². The van der Waals surface area contributed by atoms with E-state index in [2.05, 4.69) is 16.0 Å². The monoisotopic (exact) mass is 379 g/mol. The predicted molar refractivity (Wildman–Crippen MR) is 103 cm³/mol. The summed E-state index contributed by atoms with van der Waals surface area (Å²) in [7, 11) is 0. The van der Waals surface area contributed by atoms with Crippen molar-refractivity contribution < 1.29 is 18.8 Å². The van der Waals surface area contributed by atoms with Gasteiger partial charge >= 0.3 is 0 Å². The van der Waals surface area contributed by atoms with Gasteiger partial charge in [0, 0.05) is 11.1 Å². The van der Waals surface area contributed by atoms with Crippen molar-refractivity contribution in [2.45, 2.75) is 27.4 Å². The third-order valence-corrected chi connectivity index (χ3v) is 4.28. The molecule has 0 saturated carbocycles. The van der Waals surface area contributed by atoms with Crippen molar-refractivity contribution in [2.24, 2.45) is 0 Å². The second-order valence-electron chi connectivity index (χ2n) is 6.39. The lowest BCUT2D eigenvalue weighted by atomic mass is 10.1. The van der Waals surface area contributed by atoms with Crippen molar-refractivity contribution in [3.63, 3.8) is 0 Å². The fraction of sp³-hybridized carbons (Fsp3) is 0.190. The van der Waals surface area contributed by atoms with Gasteiger partial charge in [-0.05, 0) is 57.2 Å². The van der Waals surface area contributed by atoms with Crippen LogP contribution in [0.2, 0.25) is 0 Å². The first kappa shape index (κ1) is 19.2. The van der Waals surface area contributed by atoms with Gasteiger partial charge in [-0.15, -0.1) is 0 Å². The molecule has 28 heavy (non-hydrogen) atoms. The molecule has 0 spiro atoms. The molecule has 3 rings (SSSR count). The lowest BCUT2D eigenvalue weighted by Gasteiger charge is -2.09. The number of nitrogens with zero attached hydrogens (tertiary/aromatic N) is 1. The molecule has 0 aliphatic heterocycles. The maximum Gasteiger partial charge on any atom is 0.269 e. The molecule has 2 amide bonds. The molecule has 2 N–H and O–H groups in total. The Hall–Kier alpha value is -3.61. The number of aromatic nitrogens is 1. The summed E-state index contributed by atoms with van der Waals surface area (Å²) in [5.74, 6) is 0.531. The molecule has 0 unspecified atom stereocenters. The van der Waals surface area contributed by atoms with Crippen LogP contribution in [0.5, 0.6) is 5.75 Å². The topological polar surface area (TPSA) is 93.5 Å². The van der Waals surface area contributed by atoms with Crippen LogP contribution in [0.15, 0.2) is 53.1 Å². The summed E-state index contributed by atoms with van der Waals surface area (Å²) in [6.07, 6.45) is 0. The molecule has 0 atom stereocenters. The standard InChI is InChI=1S/C21H21N3O4/c1-13-4-6-16(7-5-13)20(25)22-23-21(26)17-8-10-18(11-9-17)27-12-19-14(2)24-28-15(19)3/h4-11H,12H2,1-3H3,(H,22,25)(H,23,26). The maximum atomic E-state index is 12.2. The van der Waals surface area contributed by atoms with Crippen LogP contribution in [-0.2, 0) is 6.61 Å². The molecule has 144 valence electrons. The van der Waals surface area contributed by atoms with Gasteiger partial charge in [-0.2, -0.15) is 0 Å². The van der Waals surface area contributed by atoms with Crippen molar-refractivity contribution in [2.75, 3.05) is 0 Å². The van der Waals surface area contributed by atoms with E-state index in [-0.39, 0.29) is 5.91 Å².